The van der Waals surface area contributed by atoms with Gasteiger partial charge >= 0.3 is 0 Å². The highest BCUT2D eigenvalue weighted by atomic mass is 16.5. The lowest BCUT2D eigenvalue weighted by molar-refractivity contribution is 0.227. The van der Waals surface area contributed by atoms with E-state index in [0.29, 0.717) is 11.8 Å². The Morgan fingerprint density at radius 3 is 2.20 bits per heavy atom. The fourth-order valence-corrected chi connectivity index (χ4v) is 13.6. The SMILES string of the molecule is CC1(C)C2=C/C(=C(/Cc3ccc(-c4cccc5ccccc45)cc3)C3=CC4c5c(ccc6c5OC57C=CC=CC5C67)C(c5ccccc5)(c5ccccc5)C4C=C3)CC=C2c2ccccc21. The summed E-state index contributed by atoms with van der Waals surface area (Å²) >= 11 is 0. The molecule has 7 aromatic rings. The number of fused-ring (bicyclic) bond motifs is 11. The van der Waals surface area contributed by atoms with E-state index in [1.165, 1.54) is 94.3 Å². The Labute approximate surface area is 388 Å². The van der Waals surface area contributed by atoms with E-state index < -0.39 is 5.41 Å². The molecule has 6 aliphatic carbocycles. The second kappa shape index (κ2) is 13.9. The number of benzene rings is 7. The van der Waals surface area contributed by atoms with Gasteiger partial charge < -0.3 is 4.74 Å². The molecule has 7 aliphatic rings. The van der Waals surface area contributed by atoms with Gasteiger partial charge in [-0.15, -0.1) is 0 Å². The highest BCUT2D eigenvalue weighted by Gasteiger charge is 2.71. The minimum Gasteiger partial charge on any atom is -0.481 e. The molecule has 1 nitrogen and oxygen atoms in total. The molecule has 5 atom stereocenters. The number of hydrogen-bond acceptors (Lipinski definition) is 1. The van der Waals surface area contributed by atoms with Crippen molar-refractivity contribution >= 4 is 16.3 Å². The third-order valence-corrected chi connectivity index (χ3v) is 16.7. The second-order valence-corrected chi connectivity index (χ2v) is 20.2. The van der Waals surface area contributed by atoms with Gasteiger partial charge in [-0.05, 0) is 102 Å². The number of hydrogen-bond donors (Lipinski definition) is 0. The summed E-state index contributed by atoms with van der Waals surface area (Å²) in [4.78, 5) is 0. The zero-order valence-corrected chi connectivity index (χ0v) is 37.4. The van der Waals surface area contributed by atoms with Crippen LogP contribution in [0.3, 0.4) is 0 Å². The lowest BCUT2D eigenvalue weighted by Gasteiger charge is -2.39. The van der Waals surface area contributed by atoms with Gasteiger partial charge in [0.1, 0.15) is 11.4 Å². The summed E-state index contributed by atoms with van der Waals surface area (Å²) in [6.07, 6.45) is 23.7. The summed E-state index contributed by atoms with van der Waals surface area (Å²) in [6, 6.07) is 61.4. The topological polar surface area (TPSA) is 9.23 Å². The third kappa shape index (κ3) is 5.17. The fourth-order valence-electron chi connectivity index (χ4n) is 13.6. The quantitative estimate of drug-likeness (QED) is 0.162. The van der Waals surface area contributed by atoms with Crippen LogP contribution in [0.25, 0.3) is 27.5 Å². The van der Waals surface area contributed by atoms with Crippen LogP contribution in [0.5, 0.6) is 5.75 Å². The van der Waals surface area contributed by atoms with Gasteiger partial charge in [-0.2, -0.15) is 0 Å². The molecule has 1 heterocycles. The van der Waals surface area contributed by atoms with Gasteiger partial charge in [0.15, 0.2) is 0 Å². The second-order valence-electron chi connectivity index (χ2n) is 20.2. The van der Waals surface area contributed by atoms with Crippen molar-refractivity contribution < 1.29 is 4.74 Å². The molecule has 7 aromatic carbocycles. The maximum atomic E-state index is 7.39. The highest BCUT2D eigenvalue weighted by molar-refractivity contribution is 5.96. The zero-order valence-electron chi connectivity index (χ0n) is 37.4. The molecule has 0 aromatic heterocycles. The summed E-state index contributed by atoms with van der Waals surface area (Å²) in [7, 11) is 0. The monoisotopic (exact) mass is 846 g/mol. The molecule has 1 aliphatic heterocycles. The molecule has 14 rings (SSSR count). The molecule has 0 radical (unpaired) electrons. The Morgan fingerprint density at radius 1 is 0.652 bits per heavy atom. The standard InChI is InChI=1S/C65H50O/c1-63(2)55-25-12-11-23-50(55)51-33-31-45(40-59(51)63)53(38-41-27-29-43(30-28-41)49-24-15-17-42-16-9-10-22-48(42)49)44-32-35-56-54(39-44)60-57(36-34-52-61-58-26-13-14-37-64(58,61)66-62(52)60)65(56,46-18-5-3-6-19-46)47-20-7-4-8-21-47/h3-30,32-37,39-40,54,56,58,61H,31,38H2,1-2H3/b53-45-. The van der Waals surface area contributed by atoms with Crippen molar-refractivity contribution in [3.05, 3.63) is 285 Å². The lowest BCUT2D eigenvalue weighted by atomic mass is 9.62. The van der Waals surface area contributed by atoms with Crippen molar-refractivity contribution in [2.75, 3.05) is 0 Å². The first-order valence-corrected chi connectivity index (χ1v) is 24.0. The zero-order chi connectivity index (χ0) is 43.8. The minimum absolute atomic E-state index is 0.0880. The van der Waals surface area contributed by atoms with Crippen LogP contribution in [0.2, 0.25) is 0 Å². The van der Waals surface area contributed by atoms with Crippen LogP contribution >= 0.6 is 0 Å². The first-order chi connectivity index (χ1) is 32.4. The molecule has 0 amide bonds. The van der Waals surface area contributed by atoms with Crippen LogP contribution in [-0.2, 0) is 17.3 Å². The predicted octanol–water partition coefficient (Wildman–Crippen LogP) is 15.3. The average molecular weight is 847 g/mol. The Bertz CT molecular complexity index is 3380. The molecule has 5 unspecified atom stereocenters. The van der Waals surface area contributed by atoms with Gasteiger partial charge in [-0.3, -0.25) is 0 Å². The number of ether oxygens (including phenoxy) is 1. The summed E-state index contributed by atoms with van der Waals surface area (Å²) < 4.78 is 7.39. The molecule has 316 valence electrons. The molecule has 0 saturated heterocycles. The van der Waals surface area contributed by atoms with Gasteiger partial charge in [0, 0.05) is 40.2 Å². The molecule has 66 heavy (non-hydrogen) atoms. The van der Waals surface area contributed by atoms with Gasteiger partial charge in [-0.1, -0.05) is 226 Å². The Balaban J connectivity index is 0.951. The number of allylic oxidation sites excluding steroid dienone is 12. The Morgan fingerprint density at radius 2 is 1.38 bits per heavy atom. The largest absolute Gasteiger partial charge is 0.481 e. The summed E-state index contributed by atoms with van der Waals surface area (Å²) in [5, 5.41) is 2.56. The van der Waals surface area contributed by atoms with E-state index in [1.54, 1.807) is 0 Å². The van der Waals surface area contributed by atoms with E-state index in [2.05, 4.69) is 232 Å². The molecule has 0 bridgehead atoms. The smallest absolute Gasteiger partial charge is 0.142 e. The predicted molar refractivity (Wildman–Crippen MR) is 271 cm³/mol. The van der Waals surface area contributed by atoms with Gasteiger partial charge in [0.05, 0.1) is 5.41 Å². The lowest BCUT2D eigenvalue weighted by Crippen LogP contribution is -2.35. The molecule has 1 spiro atoms. The van der Waals surface area contributed by atoms with Crippen LogP contribution in [0.15, 0.2) is 241 Å². The molecule has 1 heteroatoms. The van der Waals surface area contributed by atoms with Crippen LogP contribution in [0.4, 0.5) is 0 Å². The first kappa shape index (κ1) is 38.1. The first-order valence-electron chi connectivity index (χ1n) is 24.0. The van der Waals surface area contributed by atoms with E-state index in [9.17, 15) is 0 Å². The Kier molecular flexibility index (Phi) is 8.02. The summed E-state index contributed by atoms with van der Waals surface area (Å²) in [5.41, 5.74) is 19.6. The van der Waals surface area contributed by atoms with Gasteiger partial charge in [0.2, 0.25) is 0 Å². The Hall–Kier alpha value is -7.22. The van der Waals surface area contributed by atoms with Crippen molar-refractivity contribution in [3.63, 3.8) is 0 Å². The van der Waals surface area contributed by atoms with Crippen LogP contribution in [-0.4, -0.2) is 5.60 Å². The van der Waals surface area contributed by atoms with Crippen LogP contribution in [0.1, 0.15) is 76.6 Å². The molecule has 0 N–H and O–H groups in total. The van der Waals surface area contributed by atoms with Crippen molar-refractivity contribution in [3.8, 4) is 16.9 Å². The molecule has 1 saturated carbocycles. The molecular formula is C65H50O. The summed E-state index contributed by atoms with van der Waals surface area (Å²) in [6.45, 7) is 4.82. The maximum absolute atomic E-state index is 7.39. The average Bonchev–Trinajstić information content (AvgIpc) is 3.63. The molecule has 1 fully saturated rings. The fraction of sp³-hybridized carbons (Fsp3) is 0.169. The normalized spacial score (nSPS) is 25.5. The number of rotatable bonds is 6. The van der Waals surface area contributed by atoms with Crippen molar-refractivity contribution in [1.82, 2.24) is 0 Å². The van der Waals surface area contributed by atoms with Gasteiger partial charge in [-0.25, -0.2) is 0 Å². The van der Waals surface area contributed by atoms with E-state index in [0.717, 1.165) is 18.6 Å². The summed E-state index contributed by atoms with van der Waals surface area (Å²) in [5.74, 6) is 2.14. The van der Waals surface area contributed by atoms with Crippen LogP contribution < -0.4 is 4.74 Å². The van der Waals surface area contributed by atoms with Crippen molar-refractivity contribution in [2.45, 2.75) is 55.0 Å². The van der Waals surface area contributed by atoms with Crippen LogP contribution in [0, 0.1) is 11.8 Å². The third-order valence-electron chi connectivity index (χ3n) is 16.7. The highest BCUT2D eigenvalue weighted by Crippen LogP contribution is 2.72. The van der Waals surface area contributed by atoms with Gasteiger partial charge in [0.25, 0.3) is 0 Å². The minimum atomic E-state index is -0.402. The van der Waals surface area contributed by atoms with Crippen molar-refractivity contribution in [2.24, 2.45) is 11.8 Å². The van der Waals surface area contributed by atoms with E-state index in [-0.39, 0.29) is 22.9 Å². The maximum Gasteiger partial charge on any atom is 0.142 e. The van der Waals surface area contributed by atoms with E-state index >= 15 is 0 Å². The van der Waals surface area contributed by atoms with Crippen molar-refractivity contribution in [1.29, 1.82) is 0 Å². The molecular weight excluding hydrogens is 797 g/mol. The van der Waals surface area contributed by atoms with E-state index in [4.69, 9.17) is 4.74 Å². The van der Waals surface area contributed by atoms with E-state index in [1.807, 2.05) is 0 Å².